The molecule has 4 nitrogen and oxygen atoms in total. The molecule has 2 aliphatic heterocycles. The van der Waals surface area contributed by atoms with Crippen molar-refractivity contribution in [3.05, 3.63) is 130 Å². The minimum absolute atomic E-state index is 0. The quantitative estimate of drug-likeness (QED) is 0.192. The first-order valence-corrected chi connectivity index (χ1v) is 12.7. The van der Waals surface area contributed by atoms with Gasteiger partial charge >= 0.3 is 12.4 Å². The van der Waals surface area contributed by atoms with Crippen molar-refractivity contribution in [1.82, 2.24) is 15.3 Å². The third kappa shape index (κ3) is 7.74. The fourth-order valence-corrected chi connectivity index (χ4v) is 5.25. The number of fused-ring (bicyclic) bond motifs is 2. The first-order chi connectivity index (χ1) is 19.0. The lowest BCUT2D eigenvalue weighted by molar-refractivity contribution is -0.972. The maximum absolute atomic E-state index is 13.1. The Bertz CT molecular complexity index is 1410. The molecule has 0 saturated heterocycles. The van der Waals surface area contributed by atoms with Crippen molar-refractivity contribution < 1.29 is 30.8 Å². The molecule has 0 aliphatic carbocycles. The van der Waals surface area contributed by atoms with E-state index in [9.17, 15) is 26.3 Å². The molecule has 0 amide bonds. The van der Waals surface area contributed by atoms with E-state index >= 15 is 0 Å². The predicted molar refractivity (Wildman–Crippen MR) is 150 cm³/mol. The number of hydrogen-bond donors (Lipinski definition) is 1. The van der Waals surface area contributed by atoms with Gasteiger partial charge in [-0.15, -0.1) is 0 Å². The van der Waals surface area contributed by atoms with Gasteiger partial charge in [0.2, 0.25) is 0 Å². The van der Waals surface area contributed by atoms with Gasteiger partial charge < -0.3 is 9.80 Å². The van der Waals surface area contributed by atoms with Crippen LogP contribution in [0.15, 0.2) is 85.2 Å². The zero-order valence-corrected chi connectivity index (χ0v) is 21.4. The molecule has 10 heteroatoms. The van der Waals surface area contributed by atoms with Crippen LogP contribution >= 0.6 is 0 Å². The minimum atomic E-state index is -4.36. The van der Waals surface area contributed by atoms with Crippen molar-refractivity contribution >= 4 is 0 Å². The maximum atomic E-state index is 13.1. The summed E-state index contributed by atoms with van der Waals surface area (Å²) in [4.78, 5) is 7.91. The topological polar surface area (TPSA) is 37.8 Å². The molecule has 1 N–H and O–H groups in total. The number of benzene rings is 2. The Morgan fingerprint density at radius 3 is 1.60 bits per heavy atom. The molecule has 6 rings (SSSR count). The Hall–Kier alpha value is -3.76. The molecule has 0 bridgehead atoms. The van der Waals surface area contributed by atoms with Crippen LogP contribution < -0.4 is 5.32 Å². The van der Waals surface area contributed by atoms with Gasteiger partial charge in [0.15, 0.2) is 0 Å². The summed E-state index contributed by atoms with van der Waals surface area (Å²) in [7, 11) is 0. The molecule has 2 aliphatic rings. The van der Waals surface area contributed by atoms with Crippen LogP contribution in [-0.4, -0.2) is 14.5 Å². The van der Waals surface area contributed by atoms with Crippen molar-refractivity contribution in [2.24, 2.45) is 0 Å². The largest absolute Gasteiger partial charge is 0.417 e. The summed E-state index contributed by atoms with van der Waals surface area (Å²) in [6.45, 7) is 3.74. The lowest BCUT2D eigenvalue weighted by Gasteiger charge is -2.34. The van der Waals surface area contributed by atoms with Crippen LogP contribution in [0.2, 0.25) is 0 Å². The van der Waals surface area contributed by atoms with Crippen LogP contribution in [0.25, 0.3) is 0 Å². The number of alkyl halides is 6. The molecule has 2 aromatic carbocycles. The maximum Gasteiger partial charge on any atom is 0.417 e. The molecular formula is C32H35F6N4+. The summed E-state index contributed by atoms with van der Waals surface area (Å²) in [5.41, 5.74) is 3.86. The molecule has 0 atom stereocenters. The minimum Gasteiger partial charge on any atom is -0.307 e. The average Bonchev–Trinajstić information content (AvgIpc) is 3.52. The molecule has 0 spiro atoms. The van der Waals surface area contributed by atoms with Crippen molar-refractivity contribution in [2.45, 2.75) is 66.5 Å². The highest BCUT2D eigenvalue weighted by molar-refractivity contribution is 5.30. The normalized spacial score (nSPS) is 14.9. The summed E-state index contributed by atoms with van der Waals surface area (Å²) in [5.74, 6) is 0. The highest BCUT2D eigenvalue weighted by atomic mass is 19.4. The van der Waals surface area contributed by atoms with Crippen molar-refractivity contribution in [3.8, 4) is 0 Å². The summed E-state index contributed by atoms with van der Waals surface area (Å²) < 4.78 is 76.5. The number of aromatic nitrogens is 2. The summed E-state index contributed by atoms with van der Waals surface area (Å²) in [6, 6.07) is 22.7. The average molecular weight is 590 g/mol. The van der Waals surface area contributed by atoms with Gasteiger partial charge in [-0.2, -0.15) is 26.3 Å². The van der Waals surface area contributed by atoms with E-state index in [0.717, 1.165) is 37.2 Å². The van der Waals surface area contributed by atoms with E-state index in [1.165, 1.54) is 17.2 Å². The molecular weight excluding hydrogens is 554 g/mol. The number of nitrogens with one attached hydrogen (secondary N) is 1. The number of quaternary nitrogens is 1. The van der Waals surface area contributed by atoms with Crippen LogP contribution in [0.3, 0.4) is 0 Å². The second-order valence-electron chi connectivity index (χ2n) is 10.2. The zero-order valence-electron chi connectivity index (χ0n) is 21.4. The highest BCUT2D eigenvalue weighted by Gasteiger charge is 2.40. The molecule has 42 heavy (non-hydrogen) atoms. The molecule has 4 heterocycles. The molecule has 0 unspecified atom stereocenters. The molecule has 224 valence electrons. The van der Waals surface area contributed by atoms with Crippen LogP contribution in [0.1, 0.15) is 59.6 Å². The smallest absolute Gasteiger partial charge is 0.307 e. The Balaban J connectivity index is 0.000000273. The van der Waals surface area contributed by atoms with Crippen LogP contribution in [-0.2, 0) is 51.6 Å². The Morgan fingerprint density at radius 1 is 0.619 bits per heavy atom. The summed E-state index contributed by atoms with van der Waals surface area (Å²) in [6.07, 6.45) is -6.81. The van der Waals surface area contributed by atoms with E-state index in [-0.39, 0.29) is 14.9 Å². The molecule has 0 fully saturated rings. The van der Waals surface area contributed by atoms with Crippen LogP contribution in [0, 0.1) is 0 Å². The third-order valence-corrected chi connectivity index (χ3v) is 7.09. The number of nitrogens with zero attached hydrogens (tertiary/aromatic N) is 3. The lowest BCUT2D eigenvalue weighted by Crippen LogP contribution is -2.41. The van der Waals surface area contributed by atoms with Crippen molar-refractivity contribution in [2.75, 3.05) is 0 Å². The molecule has 4 aromatic rings. The van der Waals surface area contributed by atoms with E-state index in [2.05, 4.69) is 39.6 Å². The first-order valence-electron chi connectivity index (χ1n) is 12.7. The van der Waals surface area contributed by atoms with E-state index < -0.39 is 23.5 Å². The van der Waals surface area contributed by atoms with Gasteiger partial charge in [0.1, 0.15) is 31.9 Å². The van der Waals surface area contributed by atoms with Crippen molar-refractivity contribution in [1.29, 1.82) is 0 Å². The van der Waals surface area contributed by atoms with Crippen molar-refractivity contribution in [3.63, 3.8) is 0 Å². The first kappa shape index (κ1) is 32.8. The second-order valence-corrected chi connectivity index (χ2v) is 10.2. The number of halogens is 6. The number of hydrogen-bond acceptors (Lipinski definition) is 3. The molecule has 0 radical (unpaired) electrons. The van der Waals surface area contributed by atoms with Gasteiger partial charge in [0.05, 0.1) is 16.8 Å². The van der Waals surface area contributed by atoms with E-state index in [1.54, 1.807) is 0 Å². The Labute approximate surface area is 242 Å². The Kier molecular flexibility index (Phi) is 10.2. The zero-order chi connectivity index (χ0) is 28.4. The highest BCUT2D eigenvalue weighted by Crippen LogP contribution is 2.37. The molecule has 0 saturated carbocycles. The summed E-state index contributed by atoms with van der Waals surface area (Å²) >= 11 is 0. The molecule has 2 aromatic heterocycles. The van der Waals surface area contributed by atoms with Gasteiger partial charge in [-0.25, -0.2) is 0 Å². The predicted octanol–water partition coefficient (Wildman–Crippen LogP) is 8.31. The van der Waals surface area contributed by atoms with Gasteiger partial charge in [0, 0.05) is 42.2 Å². The summed E-state index contributed by atoms with van der Waals surface area (Å²) in [5, 5.41) is 2.94. The lowest BCUT2D eigenvalue weighted by atomic mass is 10.1. The van der Waals surface area contributed by atoms with E-state index in [1.807, 2.05) is 36.4 Å². The van der Waals surface area contributed by atoms with Crippen LogP contribution in [0.4, 0.5) is 26.3 Å². The van der Waals surface area contributed by atoms with E-state index in [4.69, 9.17) is 0 Å². The van der Waals surface area contributed by atoms with Crippen LogP contribution in [0.5, 0.6) is 0 Å². The fourth-order valence-electron chi connectivity index (χ4n) is 5.25. The SMILES string of the molecule is C.C.FC(F)(F)c1cnc2c(c1)CNC2.FC(F)(F)c1cnc2c(c1)C[N+](Cc1ccccc1)(Cc1ccccc1)C2. The second kappa shape index (κ2) is 13.0. The number of pyridine rings is 2. The van der Waals surface area contributed by atoms with Gasteiger partial charge in [-0.05, 0) is 17.7 Å². The van der Waals surface area contributed by atoms with Gasteiger partial charge in [0.25, 0.3) is 0 Å². The monoisotopic (exact) mass is 589 g/mol. The fraction of sp³-hybridized carbons (Fsp3) is 0.312. The third-order valence-electron chi connectivity index (χ3n) is 7.09. The van der Waals surface area contributed by atoms with E-state index in [0.29, 0.717) is 47.5 Å². The van der Waals surface area contributed by atoms with Gasteiger partial charge in [-0.1, -0.05) is 75.5 Å². The standard InChI is InChI=1S/C22H20F3N2.C8H7F3N2.2CH4/c23-22(24,25)20-11-19-15-27(16-21(19)26-12-20,13-17-7-3-1-4-8-17)14-18-9-5-2-6-10-18;9-8(10,11)6-1-5-2-12-4-7(5)13-3-6;;/h1-12H,13-16H2;1,3,12H,2,4H2;2*1H4/q+1;;;. The number of rotatable bonds is 4. The van der Waals surface area contributed by atoms with Gasteiger partial charge in [-0.3, -0.25) is 9.97 Å². The Morgan fingerprint density at radius 2 is 1.10 bits per heavy atom.